The van der Waals surface area contributed by atoms with Gasteiger partial charge in [0.2, 0.25) is 12.0 Å². The number of hydrogen-bond donors (Lipinski definition) is 6. The maximum Gasteiger partial charge on any atom is 0.317 e. The second kappa shape index (κ2) is 13.9. The molecule has 0 amide bonds. The lowest BCUT2D eigenvalue weighted by Crippen LogP contribution is -2.71. The van der Waals surface area contributed by atoms with Gasteiger partial charge < -0.3 is 65.1 Å². The van der Waals surface area contributed by atoms with Gasteiger partial charge in [0.1, 0.15) is 47.9 Å². The summed E-state index contributed by atoms with van der Waals surface area (Å²) in [4.78, 5) is 28.5. The number of fused-ring (bicyclic) bond motifs is 9. The van der Waals surface area contributed by atoms with E-state index in [1.165, 1.54) is 0 Å². The van der Waals surface area contributed by atoms with Crippen LogP contribution in [0.1, 0.15) is 72.8 Å². The van der Waals surface area contributed by atoms with Crippen LogP contribution in [0.2, 0.25) is 0 Å². The first kappa shape index (κ1) is 37.6. The molecule has 0 unspecified atom stereocenters. The fourth-order valence-corrected chi connectivity index (χ4v) is 9.93. The second-order valence-corrected chi connectivity index (χ2v) is 15.6. The first-order chi connectivity index (χ1) is 27.4. The highest BCUT2D eigenvalue weighted by atomic mass is 16.7. The smallest absolute Gasteiger partial charge is 0.317 e. The first-order valence-electron chi connectivity index (χ1n) is 19.2. The largest absolute Gasteiger partial charge is 0.493 e. The van der Waals surface area contributed by atoms with Gasteiger partial charge >= 0.3 is 11.9 Å². The molecule has 57 heavy (non-hydrogen) atoms. The monoisotopic (exact) mass is 787 g/mol. The number of nitrogens with zero attached hydrogens (tertiary/aromatic N) is 1. The van der Waals surface area contributed by atoms with E-state index in [-0.39, 0.29) is 18.8 Å². The summed E-state index contributed by atoms with van der Waals surface area (Å²) in [6.07, 6.45) is -8.23. The molecule has 16 heteroatoms. The molecule has 1 saturated heterocycles. The number of para-hydroxylation sites is 1. The number of aliphatic hydroxyl groups excluding tert-OH is 2. The molecule has 1 spiro atoms. The number of aliphatic hydroxyl groups is 3. The van der Waals surface area contributed by atoms with Crippen molar-refractivity contribution in [3.05, 3.63) is 75.3 Å². The van der Waals surface area contributed by atoms with E-state index in [0.29, 0.717) is 40.9 Å². The van der Waals surface area contributed by atoms with Gasteiger partial charge in [0.05, 0.1) is 38.2 Å². The predicted octanol–water partition coefficient (Wildman–Crippen LogP) is 0.591. The van der Waals surface area contributed by atoms with Crippen molar-refractivity contribution in [3.63, 3.8) is 0 Å². The van der Waals surface area contributed by atoms with Gasteiger partial charge in [0.25, 0.3) is 0 Å². The molecule has 2 fully saturated rings. The fourth-order valence-electron chi connectivity index (χ4n) is 9.93. The standard InChI is InChI=1S/C41H45N3O13/c1-51-23-10-9-20-30-34(55-32(20)33(23)52-2)29-25(57-40(30)12-5-6-13-40)15-24-19(28(29)21-17-44-22-8-4-3-7-18(21)22)11-14-41(50)37(49)31(48)35(56-39(41)53-24)36(38(42)43)54-27(47)16-26(45)46/h3-4,7-10,15,30-31,34-39,48-50H,5-6,11-14,16-17,42-43H2,1-2H3,(H,45,46)/t30-,31+,34-,35-,36-,37-,39+,41+/m0/s1. The van der Waals surface area contributed by atoms with Gasteiger partial charge in [-0.25, -0.2) is 0 Å². The minimum atomic E-state index is -2.19. The highest BCUT2D eigenvalue weighted by Crippen LogP contribution is 2.65. The van der Waals surface area contributed by atoms with Gasteiger partial charge in [-0.1, -0.05) is 24.3 Å². The molecule has 3 aromatic rings. The summed E-state index contributed by atoms with van der Waals surface area (Å²) in [5, 5.41) is 46.1. The summed E-state index contributed by atoms with van der Waals surface area (Å²) in [6, 6.07) is 13.5. The molecule has 16 nitrogen and oxygen atoms in total. The Morgan fingerprint density at radius 1 is 1.02 bits per heavy atom. The number of ether oxygens (including phenoxy) is 7. The van der Waals surface area contributed by atoms with E-state index in [9.17, 15) is 24.9 Å². The van der Waals surface area contributed by atoms with Crippen LogP contribution < -0.4 is 45.7 Å². The van der Waals surface area contributed by atoms with Crippen molar-refractivity contribution in [2.24, 2.45) is 16.5 Å². The van der Waals surface area contributed by atoms with Gasteiger partial charge in [-0.15, -0.1) is 0 Å². The van der Waals surface area contributed by atoms with Crippen LogP contribution in [-0.2, 0) is 25.5 Å². The zero-order valence-corrected chi connectivity index (χ0v) is 31.4. The number of carboxylic acid groups (broad SMARTS) is 1. The van der Waals surface area contributed by atoms with Crippen molar-refractivity contribution < 1.29 is 63.2 Å². The van der Waals surface area contributed by atoms with Crippen LogP contribution >= 0.6 is 0 Å². The number of hydrogen-bond acceptors (Lipinski definition) is 15. The van der Waals surface area contributed by atoms with Crippen LogP contribution in [0.4, 0.5) is 0 Å². The third-order valence-electron chi connectivity index (χ3n) is 12.5. The summed E-state index contributed by atoms with van der Waals surface area (Å²) in [7, 11) is 3.17. The number of carboxylic acids is 1. The van der Waals surface area contributed by atoms with E-state index < -0.39 is 72.5 Å². The molecule has 9 rings (SSSR count). The van der Waals surface area contributed by atoms with Crippen molar-refractivity contribution in [2.45, 2.75) is 105 Å². The Bertz CT molecular complexity index is 2280. The SMILES string of the molecule is COc1ccc2c(c1OC)O[C@H]1c3c(cc4c(c3C3=c5ccccc5=NC3)CC[C@]3(O)[C@H](O4)O[C@H]([C@H](OC(=O)CC(=O)O)C(N)N)[C@@H](O)[C@@H]3O)OC3(CCCC3)[C@@H]21. The highest BCUT2D eigenvalue weighted by molar-refractivity contribution is 5.90. The van der Waals surface area contributed by atoms with E-state index >= 15 is 0 Å². The van der Waals surface area contributed by atoms with Gasteiger partial charge in [0.15, 0.2) is 23.2 Å². The zero-order valence-electron chi connectivity index (χ0n) is 31.4. The lowest BCUT2D eigenvalue weighted by molar-refractivity contribution is -0.329. The number of methoxy groups -OCH3 is 2. The maximum atomic E-state index is 12.4. The quantitative estimate of drug-likeness (QED) is 0.104. The Balaban J connectivity index is 1.21. The lowest BCUT2D eigenvalue weighted by atomic mass is 9.72. The summed E-state index contributed by atoms with van der Waals surface area (Å²) in [5.74, 6) is -0.439. The van der Waals surface area contributed by atoms with Crippen LogP contribution in [0.15, 0.2) is 47.5 Å². The Labute approximate surface area is 326 Å². The average Bonchev–Trinajstić information content (AvgIpc) is 3.91. The number of rotatable bonds is 8. The number of benzene rings is 3. The Morgan fingerprint density at radius 3 is 2.51 bits per heavy atom. The maximum absolute atomic E-state index is 12.4. The molecule has 0 bridgehead atoms. The van der Waals surface area contributed by atoms with Crippen molar-refractivity contribution in [3.8, 4) is 28.7 Å². The lowest BCUT2D eigenvalue weighted by Gasteiger charge is -2.49. The van der Waals surface area contributed by atoms with Gasteiger partial charge in [0, 0.05) is 28.0 Å². The molecule has 8 N–H and O–H groups in total. The molecule has 3 aromatic carbocycles. The topological polar surface area (TPSA) is 244 Å². The summed E-state index contributed by atoms with van der Waals surface area (Å²) in [6.45, 7) is 0.334. The minimum absolute atomic E-state index is 0.142. The summed E-state index contributed by atoms with van der Waals surface area (Å²) in [5.41, 5.74) is 13.2. The molecule has 6 aliphatic rings. The Kier molecular flexibility index (Phi) is 9.14. The molecule has 5 heterocycles. The molecule has 0 aromatic heterocycles. The fraction of sp³-hybridized carbons (Fsp3) is 0.488. The Hall–Kier alpha value is -4.97. The van der Waals surface area contributed by atoms with Crippen LogP contribution in [0.25, 0.3) is 5.57 Å². The third-order valence-corrected chi connectivity index (χ3v) is 12.5. The summed E-state index contributed by atoms with van der Waals surface area (Å²) < 4.78 is 43.9. The van der Waals surface area contributed by atoms with Crippen molar-refractivity contribution in [1.29, 1.82) is 0 Å². The molecule has 8 atom stereocenters. The van der Waals surface area contributed by atoms with Crippen LogP contribution in [-0.4, -0.2) is 101 Å². The van der Waals surface area contributed by atoms with E-state index in [1.807, 2.05) is 36.4 Å². The molecule has 0 radical (unpaired) electrons. The van der Waals surface area contributed by atoms with Crippen LogP contribution in [0, 0.1) is 0 Å². The Morgan fingerprint density at radius 2 is 1.79 bits per heavy atom. The zero-order chi connectivity index (χ0) is 40.0. The molecule has 1 saturated carbocycles. The normalized spacial score (nSPS) is 29.2. The number of carbonyl (C=O) groups is 2. The first-order valence-corrected chi connectivity index (χ1v) is 19.2. The van der Waals surface area contributed by atoms with E-state index in [1.54, 1.807) is 20.3 Å². The molecular weight excluding hydrogens is 742 g/mol. The van der Waals surface area contributed by atoms with Gasteiger partial charge in [-0.2, -0.15) is 0 Å². The number of aliphatic carboxylic acids is 1. The van der Waals surface area contributed by atoms with Gasteiger partial charge in [-0.05, 0) is 61.8 Å². The van der Waals surface area contributed by atoms with E-state index in [0.717, 1.165) is 58.5 Å². The van der Waals surface area contributed by atoms with E-state index in [4.69, 9.17) is 54.7 Å². The molecule has 5 aliphatic heterocycles. The van der Waals surface area contributed by atoms with Crippen molar-refractivity contribution >= 4 is 17.5 Å². The van der Waals surface area contributed by atoms with E-state index in [2.05, 4.69) is 0 Å². The summed E-state index contributed by atoms with van der Waals surface area (Å²) >= 11 is 0. The predicted molar refractivity (Wildman–Crippen MR) is 197 cm³/mol. The third kappa shape index (κ3) is 5.75. The minimum Gasteiger partial charge on any atom is -0.493 e. The van der Waals surface area contributed by atoms with Crippen LogP contribution in [0.5, 0.6) is 28.7 Å². The van der Waals surface area contributed by atoms with Crippen molar-refractivity contribution in [2.75, 3.05) is 20.8 Å². The molecular formula is C41H45N3O13. The van der Waals surface area contributed by atoms with Crippen molar-refractivity contribution in [1.82, 2.24) is 0 Å². The number of esters is 1. The van der Waals surface area contributed by atoms with Gasteiger partial charge in [-0.3, -0.25) is 14.6 Å². The number of nitrogens with two attached hydrogens (primary N) is 2. The molecule has 302 valence electrons. The second-order valence-electron chi connectivity index (χ2n) is 15.6. The molecule has 1 aliphatic carbocycles. The van der Waals surface area contributed by atoms with Crippen LogP contribution in [0.3, 0.4) is 0 Å². The average molecular weight is 788 g/mol. The highest BCUT2D eigenvalue weighted by Gasteiger charge is 2.61. The number of carbonyl (C=O) groups excluding carboxylic acids is 1.